The molecule has 3 rings (SSSR count). The Kier molecular flexibility index (Phi) is 5.52. The third kappa shape index (κ3) is 4.25. The average molecular weight is 381 g/mol. The van der Waals surface area contributed by atoms with Crippen LogP contribution < -0.4 is 0 Å². The Balaban J connectivity index is 1.57. The Hall–Kier alpha value is -1.35. The van der Waals surface area contributed by atoms with E-state index in [0.717, 1.165) is 35.7 Å². The van der Waals surface area contributed by atoms with Gasteiger partial charge in [-0.2, -0.15) is 17.0 Å². The molecule has 0 unspecified atom stereocenters. The topological polar surface area (TPSA) is 66.4 Å². The molecule has 0 aromatic carbocycles. The van der Waals surface area contributed by atoms with E-state index in [1.165, 1.54) is 9.87 Å². The highest BCUT2D eigenvalue weighted by molar-refractivity contribution is 7.86. The molecular formula is C17H24N4O2S2. The first-order valence-corrected chi connectivity index (χ1v) is 10.7. The zero-order valence-corrected chi connectivity index (χ0v) is 16.5. The van der Waals surface area contributed by atoms with Crippen LogP contribution in [0.15, 0.2) is 23.7 Å². The van der Waals surface area contributed by atoms with Gasteiger partial charge in [-0.25, -0.2) is 4.98 Å². The summed E-state index contributed by atoms with van der Waals surface area (Å²) in [5.41, 5.74) is 3.13. The van der Waals surface area contributed by atoms with Crippen LogP contribution in [0.4, 0.5) is 0 Å². The predicted octanol–water partition coefficient (Wildman–Crippen LogP) is 2.57. The summed E-state index contributed by atoms with van der Waals surface area (Å²) in [5.74, 6) is 0.503. The average Bonchev–Trinajstić information content (AvgIpc) is 3.02. The van der Waals surface area contributed by atoms with Gasteiger partial charge < -0.3 is 0 Å². The summed E-state index contributed by atoms with van der Waals surface area (Å²) in [6.45, 7) is 3.17. The predicted molar refractivity (Wildman–Crippen MR) is 101 cm³/mol. The largest absolute Gasteiger partial charge is 0.281 e. The zero-order chi connectivity index (χ0) is 18.0. The summed E-state index contributed by atoms with van der Waals surface area (Å²) in [6, 6.07) is 4.14. The smallest absolute Gasteiger partial charge is 0.253 e. The third-order valence-corrected chi connectivity index (χ3v) is 7.47. The molecule has 136 valence electrons. The van der Waals surface area contributed by atoms with E-state index in [0.29, 0.717) is 19.0 Å². The second kappa shape index (κ2) is 7.49. The molecule has 0 amide bonds. The molecule has 8 heteroatoms. The molecular weight excluding hydrogens is 356 g/mol. The van der Waals surface area contributed by atoms with Crippen molar-refractivity contribution in [2.75, 3.05) is 27.2 Å². The van der Waals surface area contributed by atoms with Gasteiger partial charge in [-0.3, -0.25) is 4.98 Å². The fraction of sp³-hybridized carbons (Fsp3) is 0.529. The molecule has 1 saturated heterocycles. The number of aromatic nitrogens is 2. The maximum atomic E-state index is 12.2. The van der Waals surface area contributed by atoms with Crippen molar-refractivity contribution < 1.29 is 8.42 Å². The molecule has 0 aliphatic carbocycles. The van der Waals surface area contributed by atoms with Gasteiger partial charge in [0.2, 0.25) is 0 Å². The first-order valence-electron chi connectivity index (χ1n) is 8.41. The maximum absolute atomic E-state index is 12.2. The third-order valence-electron chi connectivity index (χ3n) is 4.55. The first-order chi connectivity index (χ1) is 11.9. The Bertz CT molecular complexity index is 807. The van der Waals surface area contributed by atoms with Crippen LogP contribution in [0.2, 0.25) is 0 Å². The molecule has 1 aliphatic rings. The highest BCUT2D eigenvalue weighted by Gasteiger charge is 2.29. The van der Waals surface area contributed by atoms with Crippen LogP contribution >= 0.6 is 11.3 Å². The lowest BCUT2D eigenvalue weighted by atomic mass is 9.91. The van der Waals surface area contributed by atoms with E-state index in [-0.39, 0.29) is 0 Å². The minimum atomic E-state index is -3.28. The lowest BCUT2D eigenvalue weighted by Crippen LogP contribution is -2.44. The molecule has 0 saturated carbocycles. The van der Waals surface area contributed by atoms with Gasteiger partial charge in [0.1, 0.15) is 5.01 Å². The second-order valence-electron chi connectivity index (χ2n) is 6.68. The van der Waals surface area contributed by atoms with E-state index in [4.69, 9.17) is 0 Å². The van der Waals surface area contributed by atoms with Gasteiger partial charge in [-0.1, -0.05) is 6.07 Å². The Morgan fingerprint density at radius 2 is 2.00 bits per heavy atom. The summed E-state index contributed by atoms with van der Waals surface area (Å²) in [5, 5.41) is 2.98. The summed E-state index contributed by atoms with van der Waals surface area (Å²) < 4.78 is 27.2. The molecule has 2 aromatic heterocycles. The van der Waals surface area contributed by atoms with Crippen molar-refractivity contribution in [1.29, 1.82) is 0 Å². The number of aryl methyl sites for hydroxylation is 1. The Morgan fingerprint density at radius 3 is 2.52 bits per heavy atom. The van der Waals surface area contributed by atoms with Gasteiger partial charge in [0, 0.05) is 44.5 Å². The molecule has 0 N–H and O–H groups in total. The Labute approximate surface area is 153 Å². The van der Waals surface area contributed by atoms with Crippen molar-refractivity contribution in [2.45, 2.75) is 26.2 Å². The zero-order valence-electron chi connectivity index (χ0n) is 14.8. The van der Waals surface area contributed by atoms with Crippen molar-refractivity contribution in [2.24, 2.45) is 5.92 Å². The molecule has 1 fully saturated rings. The van der Waals surface area contributed by atoms with E-state index in [2.05, 4.69) is 16.0 Å². The Morgan fingerprint density at radius 1 is 1.28 bits per heavy atom. The monoisotopic (exact) mass is 380 g/mol. The first kappa shape index (κ1) is 18.4. The molecule has 2 aromatic rings. The summed E-state index contributed by atoms with van der Waals surface area (Å²) >= 11 is 1.61. The molecule has 6 nitrogen and oxygen atoms in total. The number of hydrogen-bond donors (Lipinski definition) is 0. The molecule has 1 aliphatic heterocycles. The molecule has 25 heavy (non-hydrogen) atoms. The van der Waals surface area contributed by atoms with E-state index in [1.54, 1.807) is 29.7 Å². The van der Waals surface area contributed by atoms with Crippen molar-refractivity contribution in [3.8, 4) is 10.7 Å². The van der Waals surface area contributed by atoms with Crippen LogP contribution in [0.1, 0.15) is 24.1 Å². The van der Waals surface area contributed by atoms with Crippen LogP contribution in [0, 0.1) is 12.8 Å². The minimum Gasteiger partial charge on any atom is -0.253 e. The van der Waals surface area contributed by atoms with Gasteiger partial charge in [0.25, 0.3) is 10.2 Å². The number of nitrogens with zero attached hydrogens (tertiary/aromatic N) is 4. The standard InChI is InChI=1S/C17H24N4O2S2/c1-13-12-24-17(19-13)16-5-4-15(11-18-16)10-14-6-8-21(9-7-14)25(22,23)20(2)3/h4-5,11-12,14H,6-10H2,1-3H3. The molecule has 0 spiro atoms. The number of thiazole rings is 1. The normalized spacial score (nSPS) is 17.3. The number of pyridine rings is 1. The van der Waals surface area contributed by atoms with Crippen molar-refractivity contribution in [3.63, 3.8) is 0 Å². The van der Waals surface area contributed by atoms with Gasteiger partial charge in [-0.15, -0.1) is 11.3 Å². The highest BCUT2D eigenvalue weighted by atomic mass is 32.2. The van der Waals surface area contributed by atoms with Gasteiger partial charge in [-0.05, 0) is 43.7 Å². The fourth-order valence-corrected chi connectivity index (χ4v) is 4.96. The fourth-order valence-electron chi connectivity index (χ4n) is 3.05. The quantitative estimate of drug-likeness (QED) is 0.800. The molecule has 0 radical (unpaired) electrons. The SMILES string of the molecule is Cc1csc(-c2ccc(CC3CCN(S(=O)(=O)N(C)C)CC3)cn2)n1. The van der Waals surface area contributed by atoms with E-state index in [9.17, 15) is 8.42 Å². The minimum absolute atomic E-state index is 0.503. The van der Waals surface area contributed by atoms with Crippen molar-refractivity contribution in [1.82, 2.24) is 18.6 Å². The summed E-state index contributed by atoms with van der Waals surface area (Å²) in [6.07, 6.45) is 4.65. The summed E-state index contributed by atoms with van der Waals surface area (Å²) in [4.78, 5) is 9.00. The van der Waals surface area contributed by atoms with E-state index in [1.807, 2.05) is 24.6 Å². The molecule has 0 atom stereocenters. The summed E-state index contributed by atoms with van der Waals surface area (Å²) in [7, 11) is -0.118. The maximum Gasteiger partial charge on any atom is 0.281 e. The van der Waals surface area contributed by atoms with Gasteiger partial charge in [0.15, 0.2) is 0 Å². The van der Waals surface area contributed by atoms with Gasteiger partial charge >= 0.3 is 0 Å². The lowest BCUT2D eigenvalue weighted by Gasteiger charge is -2.32. The number of hydrogen-bond acceptors (Lipinski definition) is 5. The molecule has 3 heterocycles. The highest BCUT2D eigenvalue weighted by Crippen LogP contribution is 2.25. The van der Waals surface area contributed by atoms with Crippen molar-refractivity contribution >= 4 is 21.5 Å². The van der Waals surface area contributed by atoms with Gasteiger partial charge in [0.05, 0.1) is 5.69 Å². The second-order valence-corrected chi connectivity index (χ2v) is 9.68. The van der Waals surface area contributed by atoms with E-state index < -0.39 is 10.2 Å². The number of rotatable bonds is 5. The lowest BCUT2D eigenvalue weighted by molar-refractivity contribution is 0.262. The van der Waals surface area contributed by atoms with Crippen LogP contribution in [0.3, 0.4) is 0 Å². The van der Waals surface area contributed by atoms with E-state index >= 15 is 0 Å². The molecule has 0 bridgehead atoms. The number of piperidine rings is 1. The van der Waals surface area contributed by atoms with Crippen LogP contribution in [0.5, 0.6) is 0 Å². The van der Waals surface area contributed by atoms with Crippen molar-refractivity contribution in [3.05, 3.63) is 35.0 Å². The van der Waals surface area contributed by atoms with Crippen LogP contribution in [-0.2, 0) is 16.6 Å². The van der Waals surface area contributed by atoms with Crippen LogP contribution in [-0.4, -0.2) is 54.2 Å². The van der Waals surface area contributed by atoms with Crippen LogP contribution in [0.25, 0.3) is 10.7 Å².